The Morgan fingerprint density at radius 1 is 0.870 bits per heavy atom. The van der Waals surface area contributed by atoms with Gasteiger partial charge in [0.05, 0.1) is 11.4 Å². The number of halogens is 3. The standard InChI is InChI=1S/C15H12F3N3O2/c16-15(17,18)14(23)21-12-4-2-1-3-11(12)20-13(22)9-5-7-10(19)8-6-9/h1-8H,19H2,(H,20,22)(H,21,23). The molecule has 120 valence electrons. The molecule has 2 aromatic rings. The van der Waals surface area contributed by atoms with Crippen molar-refractivity contribution < 1.29 is 22.8 Å². The summed E-state index contributed by atoms with van der Waals surface area (Å²) in [6, 6.07) is 11.6. The van der Waals surface area contributed by atoms with Gasteiger partial charge in [-0.3, -0.25) is 9.59 Å². The first-order chi connectivity index (χ1) is 10.8. The highest BCUT2D eigenvalue weighted by Gasteiger charge is 2.39. The molecule has 0 unspecified atom stereocenters. The Hall–Kier alpha value is -3.03. The topological polar surface area (TPSA) is 84.2 Å². The van der Waals surface area contributed by atoms with Crippen molar-refractivity contribution in [1.29, 1.82) is 0 Å². The first-order valence-electron chi connectivity index (χ1n) is 6.41. The molecule has 0 bridgehead atoms. The number of hydrogen-bond donors (Lipinski definition) is 3. The van der Waals surface area contributed by atoms with Gasteiger partial charge in [-0.15, -0.1) is 0 Å². The highest BCUT2D eigenvalue weighted by molar-refractivity contribution is 6.07. The molecular formula is C15H12F3N3O2. The zero-order valence-electron chi connectivity index (χ0n) is 11.6. The largest absolute Gasteiger partial charge is 0.471 e. The van der Waals surface area contributed by atoms with E-state index < -0.39 is 18.0 Å². The summed E-state index contributed by atoms with van der Waals surface area (Å²) in [4.78, 5) is 23.1. The molecule has 23 heavy (non-hydrogen) atoms. The summed E-state index contributed by atoms with van der Waals surface area (Å²) in [6.45, 7) is 0. The van der Waals surface area contributed by atoms with Gasteiger partial charge in [0.2, 0.25) is 0 Å². The van der Waals surface area contributed by atoms with Crippen molar-refractivity contribution in [1.82, 2.24) is 0 Å². The van der Waals surface area contributed by atoms with E-state index in [1.54, 1.807) is 5.32 Å². The van der Waals surface area contributed by atoms with Crippen molar-refractivity contribution in [3.8, 4) is 0 Å². The molecule has 0 aliphatic rings. The second-order valence-electron chi connectivity index (χ2n) is 4.57. The Labute approximate surface area is 129 Å². The Bertz CT molecular complexity index is 727. The molecule has 0 aliphatic carbocycles. The molecule has 4 N–H and O–H groups in total. The lowest BCUT2D eigenvalue weighted by Crippen LogP contribution is -2.30. The number of benzene rings is 2. The van der Waals surface area contributed by atoms with Crippen molar-refractivity contribution in [2.75, 3.05) is 16.4 Å². The van der Waals surface area contributed by atoms with Crippen LogP contribution in [0.15, 0.2) is 48.5 Å². The minimum atomic E-state index is -5.02. The van der Waals surface area contributed by atoms with Gasteiger partial charge in [-0.25, -0.2) is 0 Å². The van der Waals surface area contributed by atoms with E-state index >= 15 is 0 Å². The van der Waals surface area contributed by atoms with Crippen molar-refractivity contribution >= 4 is 28.9 Å². The average Bonchev–Trinajstić information content (AvgIpc) is 2.48. The molecule has 8 heteroatoms. The van der Waals surface area contributed by atoms with Gasteiger partial charge in [0.25, 0.3) is 5.91 Å². The van der Waals surface area contributed by atoms with Crippen LogP contribution < -0.4 is 16.4 Å². The highest BCUT2D eigenvalue weighted by atomic mass is 19.4. The number of rotatable bonds is 3. The zero-order valence-corrected chi connectivity index (χ0v) is 11.6. The lowest BCUT2D eigenvalue weighted by molar-refractivity contribution is -0.167. The van der Waals surface area contributed by atoms with Crippen LogP contribution >= 0.6 is 0 Å². The van der Waals surface area contributed by atoms with Crippen LogP contribution in [0, 0.1) is 0 Å². The molecule has 0 saturated carbocycles. The Morgan fingerprint density at radius 2 is 1.39 bits per heavy atom. The third kappa shape index (κ3) is 4.22. The van der Waals surface area contributed by atoms with Crippen LogP contribution in [0.2, 0.25) is 0 Å². The van der Waals surface area contributed by atoms with Gasteiger partial charge < -0.3 is 16.4 Å². The molecule has 2 amide bonds. The maximum atomic E-state index is 12.3. The molecule has 0 radical (unpaired) electrons. The quantitative estimate of drug-likeness (QED) is 0.759. The molecule has 2 rings (SSSR count). The predicted octanol–water partition coefficient (Wildman–Crippen LogP) is 3.02. The second-order valence-corrected chi connectivity index (χ2v) is 4.57. The van der Waals surface area contributed by atoms with Crippen molar-refractivity contribution in [3.05, 3.63) is 54.1 Å². The molecule has 0 fully saturated rings. The third-order valence-electron chi connectivity index (χ3n) is 2.85. The van der Waals surface area contributed by atoms with Crippen LogP contribution in [0.5, 0.6) is 0 Å². The van der Waals surface area contributed by atoms with Crippen LogP contribution in [-0.2, 0) is 4.79 Å². The van der Waals surface area contributed by atoms with Gasteiger partial charge in [-0.1, -0.05) is 12.1 Å². The molecular weight excluding hydrogens is 311 g/mol. The summed E-state index contributed by atoms with van der Waals surface area (Å²) in [5.74, 6) is -2.66. The maximum absolute atomic E-state index is 12.3. The van der Waals surface area contributed by atoms with Gasteiger partial charge in [-0.2, -0.15) is 13.2 Å². The second kappa shape index (κ2) is 6.39. The summed E-state index contributed by atoms with van der Waals surface area (Å²) in [5, 5.41) is 4.16. The molecule has 2 aromatic carbocycles. The van der Waals surface area contributed by atoms with Gasteiger partial charge in [-0.05, 0) is 36.4 Å². The molecule has 0 atom stereocenters. The van der Waals surface area contributed by atoms with Crippen LogP contribution in [0.25, 0.3) is 0 Å². The van der Waals surface area contributed by atoms with E-state index in [2.05, 4.69) is 5.32 Å². The fourth-order valence-electron chi connectivity index (χ4n) is 1.72. The minimum absolute atomic E-state index is 0.0481. The number of alkyl halides is 3. The van der Waals surface area contributed by atoms with E-state index in [9.17, 15) is 22.8 Å². The van der Waals surface area contributed by atoms with Crippen LogP contribution in [0.1, 0.15) is 10.4 Å². The summed E-state index contributed by atoms with van der Waals surface area (Å²) < 4.78 is 37.0. The molecule has 0 aliphatic heterocycles. The lowest BCUT2D eigenvalue weighted by atomic mass is 10.2. The number of hydrogen-bond acceptors (Lipinski definition) is 3. The third-order valence-corrected chi connectivity index (χ3v) is 2.85. The number of amides is 2. The van der Waals surface area contributed by atoms with E-state index in [1.807, 2.05) is 0 Å². The van der Waals surface area contributed by atoms with Crippen LogP contribution in [0.4, 0.5) is 30.2 Å². The van der Waals surface area contributed by atoms with Gasteiger partial charge in [0.15, 0.2) is 0 Å². The fourth-order valence-corrected chi connectivity index (χ4v) is 1.72. The van der Waals surface area contributed by atoms with E-state index in [0.717, 1.165) is 0 Å². The number of para-hydroxylation sites is 2. The van der Waals surface area contributed by atoms with Crippen LogP contribution in [0.3, 0.4) is 0 Å². The number of anilines is 3. The molecule has 0 aromatic heterocycles. The Morgan fingerprint density at radius 3 is 1.91 bits per heavy atom. The minimum Gasteiger partial charge on any atom is -0.399 e. The SMILES string of the molecule is Nc1ccc(C(=O)Nc2ccccc2NC(=O)C(F)(F)F)cc1. The summed E-state index contributed by atoms with van der Waals surface area (Å²) in [7, 11) is 0. The average molecular weight is 323 g/mol. The number of nitrogens with one attached hydrogen (secondary N) is 2. The Balaban J connectivity index is 2.19. The summed E-state index contributed by atoms with van der Waals surface area (Å²) >= 11 is 0. The van der Waals surface area contributed by atoms with E-state index in [-0.39, 0.29) is 16.9 Å². The molecule has 0 spiro atoms. The summed E-state index contributed by atoms with van der Waals surface area (Å²) in [5.41, 5.74) is 6.15. The predicted molar refractivity (Wildman–Crippen MR) is 79.9 cm³/mol. The fraction of sp³-hybridized carbons (Fsp3) is 0.0667. The molecule has 0 heterocycles. The molecule has 5 nitrogen and oxygen atoms in total. The van der Waals surface area contributed by atoms with Crippen LogP contribution in [-0.4, -0.2) is 18.0 Å². The number of carbonyl (C=O) groups excluding carboxylic acids is 2. The van der Waals surface area contributed by atoms with Gasteiger partial charge >= 0.3 is 12.1 Å². The van der Waals surface area contributed by atoms with Crippen molar-refractivity contribution in [2.45, 2.75) is 6.18 Å². The van der Waals surface area contributed by atoms with Gasteiger partial charge in [0.1, 0.15) is 0 Å². The van der Waals surface area contributed by atoms with E-state index in [4.69, 9.17) is 5.73 Å². The lowest BCUT2D eigenvalue weighted by Gasteiger charge is -2.13. The normalized spacial score (nSPS) is 10.9. The van der Waals surface area contributed by atoms with Crippen molar-refractivity contribution in [3.63, 3.8) is 0 Å². The number of nitrogens with two attached hydrogens (primary N) is 1. The van der Waals surface area contributed by atoms with E-state index in [0.29, 0.717) is 5.69 Å². The number of carbonyl (C=O) groups is 2. The Kier molecular flexibility index (Phi) is 4.54. The smallest absolute Gasteiger partial charge is 0.399 e. The van der Waals surface area contributed by atoms with E-state index in [1.165, 1.54) is 48.5 Å². The number of nitrogen functional groups attached to an aromatic ring is 1. The molecule has 0 saturated heterocycles. The maximum Gasteiger partial charge on any atom is 0.471 e. The first kappa shape index (κ1) is 16.3. The zero-order chi connectivity index (χ0) is 17.0. The van der Waals surface area contributed by atoms with Gasteiger partial charge in [0, 0.05) is 11.3 Å². The highest BCUT2D eigenvalue weighted by Crippen LogP contribution is 2.25. The monoisotopic (exact) mass is 323 g/mol. The first-order valence-corrected chi connectivity index (χ1v) is 6.41. The summed E-state index contributed by atoms with van der Waals surface area (Å²) in [6.07, 6.45) is -5.02. The van der Waals surface area contributed by atoms with Crippen molar-refractivity contribution in [2.24, 2.45) is 0 Å².